The number of amides is 2. The summed E-state index contributed by atoms with van der Waals surface area (Å²) in [5, 5.41) is 15.5. The van der Waals surface area contributed by atoms with Crippen molar-refractivity contribution in [1.82, 2.24) is 15.5 Å². The SMILES string of the molecule is CN[C@H](C(=O)N[C@H](C(=O)N(C)[C@H](/C=C(\C)C(=O)O)C(C)C)C(C)(C)C)C(C)(C)c1ccc(C)cc1. The molecule has 0 aliphatic heterocycles. The zero-order valence-corrected chi connectivity index (χ0v) is 23.3. The van der Waals surface area contributed by atoms with Gasteiger partial charge >= 0.3 is 5.97 Å². The Morgan fingerprint density at radius 2 is 1.51 bits per heavy atom. The maximum atomic E-state index is 13.7. The summed E-state index contributed by atoms with van der Waals surface area (Å²) in [6.45, 7) is 17.2. The predicted octanol–water partition coefficient (Wildman–Crippen LogP) is 3.91. The summed E-state index contributed by atoms with van der Waals surface area (Å²) in [5.74, 6) is -1.56. The van der Waals surface area contributed by atoms with Crippen LogP contribution in [0, 0.1) is 18.3 Å². The lowest BCUT2D eigenvalue weighted by Crippen LogP contribution is -2.61. The smallest absolute Gasteiger partial charge is 0.331 e. The van der Waals surface area contributed by atoms with E-state index in [0.717, 1.165) is 11.1 Å². The maximum absolute atomic E-state index is 13.7. The Kier molecular flexibility index (Phi) is 10.3. The lowest BCUT2D eigenvalue weighted by Gasteiger charge is -2.40. The van der Waals surface area contributed by atoms with Crippen LogP contribution in [0.25, 0.3) is 0 Å². The average Bonchev–Trinajstić information content (AvgIpc) is 2.74. The van der Waals surface area contributed by atoms with Gasteiger partial charge in [0.05, 0.1) is 12.1 Å². The number of aliphatic carboxylic acids is 1. The molecule has 0 fully saturated rings. The van der Waals surface area contributed by atoms with Crippen molar-refractivity contribution in [3.8, 4) is 0 Å². The second-order valence-corrected chi connectivity index (χ2v) is 11.5. The number of aryl methyl sites for hydroxylation is 1. The quantitative estimate of drug-likeness (QED) is 0.435. The van der Waals surface area contributed by atoms with E-state index < -0.39 is 34.9 Å². The first kappa shape index (κ1) is 30.4. The molecule has 0 bridgehead atoms. The van der Waals surface area contributed by atoms with Gasteiger partial charge in [-0.15, -0.1) is 0 Å². The highest BCUT2D eigenvalue weighted by Gasteiger charge is 2.41. The molecule has 0 aliphatic rings. The van der Waals surface area contributed by atoms with Crippen molar-refractivity contribution >= 4 is 17.8 Å². The summed E-state index contributed by atoms with van der Waals surface area (Å²) in [6.07, 6.45) is 1.60. The third-order valence-electron chi connectivity index (χ3n) is 6.70. The normalized spacial score (nSPS) is 15.4. The van der Waals surface area contributed by atoms with Crippen molar-refractivity contribution in [1.29, 1.82) is 0 Å². The first-order valence-corrected chi connectivity index (χ1v) is 12.2. The summed E-state index contributed by atoms with van der Waals surface area (Å²) >= 11 is 0. The number of benzene rings is 1. The van der Waals surface area contributed by atoms with Crippen molar-refractivity contribution in [3.63, 3.8) is 0 Å². The van der Waals surface area contributed by atoms with Crippen molar-refractivity contribution in [2.45, 2.75) is 85.9 Å². The Morgan fingerprint density at radius 1 is 1.00 bits per heavy atom. The first-order chi connectivity index (χ1) is 15.9. The van der Waals surface area contributed by atoms with Gasteiger partial charge in [-0.05, 0) is 37.8 Å². The van der Waals surface area contributed by atoms with Crippen molar-refractivity contribution < 1.29 is 19.5 Å². The van der Waals surface area contributed by atoms with Gasteiger partial charge in [0.15, 0.2) is 0 Å². The molecule has 0 unspecified atom stereocenters. The molecular formula is C28H45N3O4. The third-order valence-corrected chi connectivity index (χ3v) is 6.70. The van der Waals surface area contributed by atoms with E-state index in [0.29, 0.717) is 0 Å². The minimum absolute atomic E-state index is 0.0138. The summed E-state index contributed by atoms with van der Waals surface area (Å²) in [6, 6.07) is 6.29. The minimum Gasteiger partial charge on any atom is -0.478 e. The molecule has 3 atom stereocenters. The van der Waals surface area contributed by atoms with E-state index in [2.05, 4.69) is 10.6 Å². The Morgan fingerprint density at radius 3 is 1.91 bits per heavy atom. The molecule has 2 amide bonds. The first-order valence-electron chi connectivity index (χ1n) is 12.2. The second kappa shape index (κ2) is 11.8. The molecule has 1 rings (SSSR count). The lowest BCUT2D eigenvalue weighted by atomic mass is 9.76. The number of rotatable bonds is 10. The van der Waals surface area contributed by atoms with E-state index in [9.17, 15) is 19.5 Å². The van der Waals surface area contributed by atoms with E-state index in [4.69, 9.17) is 0 Å². The molecule has 0 radical (unpaired) electrons. The van der Waals surface area contributed by atoms with Crippen LogP contribution in [0.3, 0.4) is 0 Å². The van der Waals surface area contributed by atoms with E-state index >= 15 is 0 Å². The highest BCUT2D eigenvalue weighted by Crippen LogP contribution is 2.29. The van der Waals surface area contributed by atoms with Gasteiger partial charge in [-0.1, -0.05) is 84.4 Å². The van der Waals surface area contributed by atoms with Crippen LogP contribution < -0.4 is 10.6 Å². The van der Waals surface area contributed by atoms with Crippen LogP contribution in [0.4, 0.5) is 0 Å². The molecule has 196 valence electrons. The molecule has 0 aromatic heterocycles. The molecule has 0 saturated carbocycles. The molecule has 7 heteroatoms. The van der Waals surface area contributed by atoms with Crippen LogP contribution in [0.5, 0.6) is 0 Å². The van der Waals surface area contributed by atoms with Gasteiger partial charge in [0, 0.05) is 18.0 Å². The molecule has 0 spiro atoms. The Bertz CT molecular complexity index is 927. The van der Waals surface area contributed by atoms with Crippen LogP contribution in [0.1, 0.15) is 66.5 Å². The number of nitrogens with one attached hydrogen (secondary N) is 2. The second-order valence-electron chi connectivity index (χ2n) is 11.5. The molecule has 0 heterocycles. The van der Waals surface area contributed by atoms with Crippen LogP contribution in [0.15, 0.2) is 35.9 Å². The molecule has 0 aliphatic carbocycles. The van der Waals surface area contributed by atoms with Gasteiger partial charge in [-0.25, -0.2) is 4.79 Å². The fraction of sp³-hybridized carbons (Fsp3) is 0.607. The largest absolute Gasteiger partial charge is 0.478 e. The standard InChI is InChI=1S/C28H45N3O4/c1-17(2)21(16-19(4)26(34)35)31(11)25(33)23(27(5,6)7)30-24(32)22(29-10)28(8,9)20-14-12-18(3)13-15-20/h12-17,21-23,29H,1-11H3,(H,30,32)(H,34,35)/b19-16+/t21-,22-,23-/m1/s1. The van der Waals surface area contributed by atoms with Crippen LogP contribution in [0.2, 0.25) is 0 Å². The summed E-state index contributed by atoms with van der Waals surface area (Å²) in [4.78, 5) is 40.2. The van der Waals surface area contributed by atoms with Crippen LogP contribution in [-0.4, -0.2) is 60.0 Å². The molecule has 3 N–H and O–H groups in total. The van der Waals surface area contributed by atoms with Gasteiger partial charge in [0.25, 0.3) is 0 Å². The Hall–Kier alpha value is -2.67. The van der Waals surface area contributed by atoms with Gasteiger partial charge in [0.1, 0.15) is 6.04 Å². The predicted molar refractivity (Wildman–Crippen MR) is 141 cm³/mol. The third kappa shape index (κ3) is 7.66. The van der Waals surface area contributed by atoms with Crippen LogP contribution >= 0.6 is 0 Å². The van der Waals surface area contributed by atoms with Crippen LogP contribution in [-0.2, 0) is 19.8 Å². The number of hydrogen-bond donors (Lipinski definition) is 3. The molecule has 35 heavy (non-hydrogen) atoms. The number of nitrogens with zero attached hydrogens (tertiary/aromatic N) is 1. The topological polar surface area (TPSA) is 98.7 Å². The molecule has 7 nitrogen and oxygen atoms in total. The Balaban J connectivity index is 3.30. The summed E-state index contributed by atoms with van der Waals surface area (Å²) in [5.41, 5.74) is 1.23. The summed E-state index contributed by atoms with van der Waals surface area (Å²) < 4.78 is 0. The van der Waals surface area contributed by atoms with Gasteiger partial charge < -0.3 is 20.6 Å². The van der Waals surface area contributed by atoms with Crippen molar-refractivity contribution in [2.75, 3.05) is 14.1 Å². The van der Waals surface area contributed by atoms with E-state index in [1.807, 2.05) is 79.7 Å². The highest BCUT2D eigenvalue weighted by molar-refractivity contribution is 5.91. The zero-order valence-electron chi connectivity index (χ0n) is 23.3. The minimum atomic E-state index is -1.02. The molecular weight excluding hydrogens is 442 g/mol. The number of carboxylic acid groups (broad SMARTS) is 1. The maximum Gasteiger partial charge on any atom is 0.331 e. The molecule has 1 aromatic rings. The number of hydrogen-bond acceptors (Lipinski definition) is 4. The highest BCUT2D eigenvalue weighted by atomic mass is 16.4. The summed E-state index contributed by atoms with van der Waals surface area (Å²) in [7, 11) is 3.41. The number of carboxylic acids is 1. The lowest BCUT2D eigenvalue weighted by molar-refractivity contribution is -0.141. The van der Waals surface area contributed by atoms with Gasteiger partial charge in [0.2, 0.25) is 11.8 Å². The fourth-order valence-electron chi connectivity index (χ4n) is 4.27. The van der Waals surface area contributed by atoms with Gasteiger partial charge in [-0.2, -0.15) is 0 Å². The Labute approximate surface area is 211 Å². The van der Waals surface area contributed by atoms with Crippen molar-refractivity contribution in [3.05, 3.63) is 47.0 Å². The van der Waals surface area contributed by atoms with Crippen molar-refractivity contribution in [2.24, 2.45) is 11.3 Å². The van der Waals surface area contributed by atoms with E-state index in [-0.39, 0.29) is 23.3 Å². The number of likely N-dealkylation sites (N-methyl/N-ethyl adjacent to an activating group) is 2. The van der Waals surface area contributed by atoms with E-state index in [1.54, 1.807) is 25.1 Å². The monoisotopic (exact) mass is 487 g/mol. The van der Waals surface area contributed by atoms with E-state index in [1.165, 1.54) is 6.92 Å². The fourth-order valence-corrected chi connectivity index (χ4v) is 4.27. The van der Waals surface area contributed by atoms with Gasteiger partial charge in [-0.3, -0.25) is 9.59 Å². The molecule has 1 aromatic carbocycles. The average molecular weight is 488 g/mol. The molecule has 0 saturated heterocycles. The number of carbonyl (C=O) groups excluding carboxylic acids is 2. The number of carbonyl (C=O) groups is 3. The zero-order chi connectivity index (χ0) is 27.3.